The monoisotopic (exact) mass is 305 g/mol. The largest absolute Gasteiger partial charge is 0.405 e. The molecule has 2 saturated heterocycles. The van der Waals surface area contributed by atoms with Gasteiger partial charge in [0.25, 0.3) is 0 Å². The van der Waals surface area contributed by atoms with E-state index in [1.54, 1.807) is 0 Å². The van der Waals surface area contributed by atoms with Crippen molar-refractivity contribution in [3.63, 3.8) is 0 Å². The van der Waals surface area contributed by atoms with Crippen LogP contribution in [0.2, 0.25) is 0 Å². The van der Waals surface area contributed by atoms with E-state index in [1.165, 1.54) is 11.9 Å². The van der Waals surface area contributed by atoms with Crippen LogP contribution < -0.4 is 0 Å². The molecular weight excluding hydrogens is 279 g/mol. The minimum absolute atomic E-state index is 0.363. The summed E-state index contributed by atoms with van der Waals surface area (Å²) in [5.74, 6) is 1.11. The lowest BCUT2D eigenvalue weighted by Crippen LogP contribution is -2.45. The smallest absolute Gasteiger partial charge is 0.356 e. The highest BCUT2D eigenvalue weighted by atomic mass is 19.4. The number of alkyl halides is 3. The number of rotatable bonds is 4. The van der Waals surface area contributed by atoms with E-state index in [0.29, 0.717) is 17.8 Å². The van der Waals surface area contributed by atoms with Crippen molar-refractivity contribution in [1.29, 1.82) is 0 Å². The van der Waals surface area contributed by atoms with Crippen molar-refractivity contribution in [2.75, 3.05) is 40.3 Å². The first-order valence-corrected chi connectivity index (χ1v) is 7.70. The lowest BCUT2D eigenvalue weighted by Gasteiger charge is -2.40. The van der Waals surface area contributed by atoms with E-state index in [0.717, 1.165) is 45.3 Å². The van der Waals surface area contributed by atoms with E-state index in [2.05, 4.69) is 23.4 Å². The molecule has 1 atom stereocenters. The standard InChI is InChI=1S/C15H26F3N3/c1-12(20(3)11-15(16,17)18)21-8-4-5-14(21)13-6-9-19(2)10-7-13/h13-14H,1,4-11H2,2-3H3/t14-/m0/s1. The van der Waals surface area contributed by atoms with Crippen LogP contribution in [0.4, 0.5) is 13.2 Å². The predicted octanol–water partition coefficient (Wildman–Crippen LogP) is 2.76. The van der Waals surface area contributed by atoms with Crippen molar-refractivity contribution in [1.82, 2.24) is 14.7 Å². The van der Waals surface area contributed by atoms with E-state index in [9.17, 15) is 13.2 Å². The van der Waals surface area contributed by atoms with Crippen LogP contribution in [0.5, 0.6) is 0 Å². The number of likely N-dealkylation sites (tertiary alicyclic amines) is 2. The maximum atomic E-state index is 12.5. The number of nitrogens with zero attached hydrogens (tertiary/aromatic N) is 3. The van der Waals surface area contributed by atoms with Crippen molar-refractivity contribution in [2.24, 2.45) is 5.92 Å². The molecule has 21 heavy (non-hydrogen) atoms. The van der Waals surface area contributed by atoms with E-state index < -0.39 is 12.7 Å². The normalized spacial score (nSPS) is 25.4. The van der Waals surface area contributed by atoms with Crippen LogP contribution in [0.3, 0.4) is 0 Å². The summed E-state index contributed by atoms with van der Waals surface area (Å²) in [7, 11) is 3.61. The third kappa shape index (κ3) is 4.28. The average Bonchev–Trinajstić information content (AvgIpc) is 2.85. The van der Waals surface area contributed by atoms with Gasteiger partial charge >= 0.3 is 6.18 Å². The van der Waals surface area contributed by atoms with E-state index in [-0.39, 0.29) is 0 Å². The van der Waals surface area contributed by atoms with Crippen molar-refractivity contribution in [3.8, 4) is 0 Å². The molecular formula is C15H26F3N3. The summed E-state index contributed by atoms with van der Waals surface area (Å²) in [6.07, 6.45) is 0.214. The minimum Gasteiger partial charge on any atom is -0.356 e. The fourth-order valence-electron chi connectivity index (χ4n) is 3.60. The SMILES string of the molecule is C=C(N(C)CC(F)(F)F)N1CCC[C@H]1C1CCN(C)CC1. The fourth-order valence-corrected chi connectivity index (χ4v) is 3.60. The molecule has 0 radical (unpaired) electrons. The van der Waals surface area contributed by atoms with Crippen LogP contribution in [0.1, 0.15) is 25.7 Å². The topological polar surface area (TPSA) is 9.72 Å². The third-order valence-electron chi connectivity index (χ3n) is 4.80. The van der Waals surface area contributed by atoms with E-state index >= 15 is 0 Å². The average molecular weight is 305 g/mol. The molecule has 2 fully saturated rings. The van der Waals surface area contributed by atoms with Crippen LogP contribution in [-0.2, 0) is 0 Å². The van der Waals surface area contributed by atoms with E-state index in [4.69, 9.17) is 0 Å². The molecule has 2 rings (SSSR count). The van der Waals surface area contributed by atoms with Crippen LogP contribution in [-0.4, -0.2) is 67.2 Å². The quantitative estimate of drug-likeness (QED) is 0.791. The summed E-state index contributed by atoms with van der Waals surface area (Å²) < 4.78 is 37.6. The minimum atomic E-state index is -4.18. The zero-order chi connectivity index (χ0) is 15.6. The van der Waals surface area contributed by atoms with Gasteiger partial charge in [0.2, 0.25) is 0 Å². The molecule has 0 bridgehead atoms. The Morgan fingerprint density at radius 2 is 1.81 bits per heavy atom. The predicted molar refractivity (Wildman–Crippen MR) is 77.8 cm³/mol. The maximum absolute atomic E-state index is 12.5. The Morgan fingerprint density at radius 1 is 1.19 bits per heavy atom. The second-order valence-corrected chi connectivity index (χ2v) is 6.43. The highest BCUT2D eigenvalue weighted by Gasteiger charge is 2.36. The summed E-state index contributed by atoms with van der Waals surface area (Å²) in [6.45, 7) is 5.99. The van der Waals surface area contributed by atoms with Gasteiger partial charge in [-0.05, 0) is 51.7 Å². The molecule has 0 aliphatic carbocycles. The Bertz CT molecular complexity index is 362. The number of halogens is 3. The fraction of sp³-hybridized carbons (Fsp3) is 0.867. The first-order chi connectivity index (χ1) is 9.78. The molecule has 0 unspecified atom stereocenters. The molecule has 0 N–H and O–H groups in total. The number of piperidine rings is 1. The summed E-state index contributed by atoms with van der Waals surface area (Å²) in [4.78, 5) is 5.68. The van der Waals surface area contributed by atoms with Crippen LogP contribution >= 0.6 is 0 Å². The molecule has 6 heteroatoms. The van der Waals surface area contributed by atoms with Crippen molar-refractivity contribution in [3.05, 3.63) is 12.4 Å². The van der Waals surface area contributed by atoms with Gasteiger partial charge in [-0.25, -0.2) is 0 Å². The number of hydrogen-bond acceptors (Lipinski definition) is 3. The van der Waals surface area contributed by atoms with Crippen molar-refractivity contribution in [2.45, 2.75) is 37.9 Å². The van der Waals surface area contributed by atoms with Gasteiger partial charge in [-0.15, -0.1) is 0 Å². The van der Waals surface area contributed by atoms with Gasteiger partial charge in [0.05, 0.1) is 5.82 Å². The summed E-state index contributed by atoms with van der Waals surface area (Å²) in [5.41, 5.74) is 0. The maximum Gasteiger partial charge on any atom is 0.405 e. The zero-order valence-corrected chi connectivity index (χ0v) is 13.0. The molecule has 0 spiro atoms. The molecule has 0 saturated carbocycles. The van der Waals surface area contributed by atoms with Gasteiger partial charge in [0.15, 0.2) is 0 Å². The van der Waals surface area contributed by atoms with E-state index in [1.807, 2.05) is 0 Å². The van der Waals surface area contributed by atoms with Gasteiger partial charge in [-0.3, -0.25) is 0 Å². The van der Waals surface area contributed by atoms with Gasteiger partial charge in [-0.1, -0.05) is 6.58 Å². The van der Waals surface area contributed by atoms with Crippen molar-refractivity contribution >= 4 is 0 Å². The Kier molecular flexibility index (Phi) is 5.07. The summed E-state index contributed by atoms with van der Waals surface area (Å²) in [5, 5.41) is 0. The Labute approximate surface area is 125 Å². The van der Waals surface area contributed by atoms with Gasteiger partial charge < -0.3 is 14.7 Å². The van der Waals surface area contributed by atoms with Crippen molar-refractivity contribution < 1.29 is 13.2 Å². The Hall–Kier alpha value is -0.910. The first-order valence-electron chi connectivity index (χ1n) is 7.70. The second kappa shape index (κ2) is 6.46. The second-order valence-electron chi connectivity index (χ2n) is 6.43. The first kappa shape index (κ1) is 16.5. The summed E-state index contributed by atoms with van der Waals surface area (Å²) >= 11 is 0. The molecule has 2 heterocycles. The highest BCUT2D eigenvalue weighted by molar-refractivity contribution is 5.01. The third-order valence-corrected chi connectivity index (χ3v) is 4.80. The Balaban J connectivity index is 1.96. The van der Waals surface area contributed by atoms with Gasteiger partial charge in [0.1, 0.15) is 6.54 Å². The lowest BCUT2D eigenvalue weighted by atomic mass is 9.88. The van der Waals surface area contributed by atoms with Gasteiger partial charge in [0, 0.05) is 19.6 Å². The molecule has 122 valence electrons. The molecule has 0 aromatic heterocycles. The van der Waals surface area contributed by atoms with Crippen LogP contribution in [0.15, 0.2) is 12.4 Å². The molecule has 0 aromatic rings. The van der Waals surface area contributed by atoms with Crippen LogP contribution in [0, 0.1) is 5.92 Å². The molecule has 3 nitrogen and oxygen atoms in total. The van der Waals surface area contributed by atoms with Crippen LogP contribution in [0.25, 0.3) is 0 Å². The molecule has 2 aliphatic rings. The molecule has 0 amide bonds. The zero-order valence-electron chi connectivity index (χ0n) is 13.0. The molecule has 0 aromatic carbocycles. The molecule has 2 aliphatic heterocycles. The summed E-state index contributed by atoms with van der Waals surface area (Å²) in [6, 6.07) is 0.363. The van der Waals surface area contributed by atoms with Gasteiger partial charge in [-0.2, -0.15) is 13.2 Å². The number of hydrogen-bond donors (Lipinski definition) is 0. The Morgan fingerprint density at radius 3 is 2.38 bits per heavy atom. The highest BCUT2D eigenvalue weighted by Crippen LogP contribution is 2.33. The lowest BCUT2D eigenvalue weighted by molar-refractivity contribution is -0.141.